The molecule has 1 unspecified atom stereocenters. The first-order valence-electron chi connectivity index (χ1n) is 5.61. The number of ether oxygens (including phenoxy) is 1. The van der Waals surface area contributed by atoms with Gasteiger partial charge in [0, 0.05) is 25.7 Å². The minimum Gasteiger partial charge on any atom is -0.382 e. The van der Waals surface area contributed by atoms with Crippen molar-refractivity contribution in [3.05, 3.63) is 6.20 Å². The van der Waals surface area contributed by atoms with Crippen LogP contribution < -0.4 is 11.1 Å². The molecule has 90 valence electrons. The first-order chi connectivity index (χ1) is 7.75. The van der Waals surface area contributed by atoms with Crippen LogP contribution in [0, 0.1) is 0 Å². The second kappa shape index (κ2) is 5.18. The number of nitrogen functional groups attached to an aromatic ring is 1. The molecule has 1 atom stereocenters. The van der Waals surface area contributed by atoms with Gasteiger partial charge in [0.15, 0.2) is 0 Å². The summed E-state index contributed by atoms with van der Waals surface area (Å²) < 4.78 is 5.31. The Kier molecular flexibility index (Phi) is 3.63. The fourth-order valence-electron chi connectivity index (χ4n) is 1.89. The maximum absolute atomic E-state index is 5.71. The second-order valence-electron chi connectivity index (χ2n) is 4.16. The summed E-state index contributed by atoms with van der Waals surface area (Å²) in [5.41, 5.74) is 6.58. The van der Waals surface area contributed by atoms with E-state index in [0.29, 0.717) is 11.9 Å². The van der Waals surface area contributed by atoms with Crippen LogP contribution >= 0.6 is 0 Å². The zero-order valence-electron chi connectivity index (χ0n) is 9.57. The molecule has 4 N–H and O–H groups in total. The van der Waals surface area contributed by atoms with E-state index in [2.05, 4.69) is 27.3 Å². The number of aromatic amines is 1. The average molecular weight is 225 g/mol. The number of rotatable bonds is 4. The van der Waals surface area contributed by atoms with E-state index < -0.39 is 0 Å². The Morgan fingerprint density at radius 3 is 3.00 bits per heavy atom. The van der Waals surface area contributed by atoms with Crippen LogP contribution in [0.1, 0.15) is 6.92 Å². The van der Waals surface area contributed by atoms with Crippen molar-refractivity contribution in [2.45, 2.75) is 13.0 Å². The molecule has 1 aliphatic heterocycles. The third-order valence-electron chi connectivity index (χ3n) is 2.71. The van der Waals surface area contributed by atoms with Gasteiger partial charge in [0.25, 0.3) is 0 Å². The van der Waals surface area contributed by atoms with Crippen molar-refractivity contribution in [2.24, 2.45) is 0 Å². The van der Waals surface area contributed by atoms with Crippen molar-refractivity contribution in [2.75, 3.05) is 43.9 Å². The minimum atomic E-state index is 0.345. The molecule has 0 saturated carbocycles. The average Bonchev–Trinajstić information content (AvgIpc) is 2.66. The topological polar surface area (TPSA) is 79.2 Å². The largest absolute Gasteiger partial charge is 0.382 e. The number of hydrogen-bond acceptors (Lipinski definition) is 5. The molecule has 0 aliphatic carbocycles. The number of nitrogens with two attached hydrogens (primary N) is 1. The van der Waals surface area contributed by atoms with Gasteiger partial charge in [-0.05, 0) is 6.92 Å². The van der Waals surface area contributed by atoms with E-state index in [1.165, 1.54) is 0 Å². The van der Waals surface area contributed by atoms with Gasteiger partial charge in [-0.2, -0.15) is 5.10 Å². The van der Waals surface area contributed by atoms with Crippen LogP contribution in [0.15, 0.2) is 6.20 Å². The molecule has 0 spiro atoms. The first-order valence-corrected chi connectivity index (χ1v) is 5.61. The van der Waals surface area contributed by atoms with Crippen LogP contribution in [-0.4, -0.2) is 54.0 Å². The highest BCUT2D eigenvalue weighted by atomic mass is 16.5. The van der Waals surface area contributed by atoms with E-state index in [-0.39, 0.29) is 0 Å². The van der Waals surface area contributed by atoms with Crippen molar-refractivity contribution in [3.8, 4) is 0 Å². The molecule has 0 aromatic carbocycles. The number of nitrogens with one attached hydrogen (secondary N) is 2. The molecule has 0 radical (unpaired) electrons. The zero-order chi connectivity index (χ0) is 11.4. The Morgan fingerprint density at radius 1 is 1.62 bits per heavy atom. The predicted molar refractivity (Wildman–Crippen MR) is 63.3 cm³/mol. The standard InChI is InChI=1S/C10H19N5O/c1-8(7-15-2-4-16-5-3-15)13-9-6-12-14-10(9)11/h6,8,13H,2-5,7H2,1H3,(H3,11,12,14). The molecule has 16 heavy (non-hydrogen) atoms. The number of anilines is 2. The van der Waals surface area contributed by atoms with Gasteiger partial charge in [-0.25, -0.2) is 0 Å². The normalized spacial score (nSPS) is 19.6. The number of morpholine rings is 1. The molecular formula is C10H19N5O. The first kappa shape index (κ1) is 11.2. The predicted octanol–water partition coefficient (Wildman–Crippen LogP) is 0.125. The van der Waals surface area contributed by atoms with Crippen LogP contribution in [-0.2, 0) is 4.74 Å². The van der Waals surface area contributed by atoms with Crippen LogP contribution in [0.4, 0.5) is 11.5 Å². The van der Waals surface area contributed by atoms with Crippen LogP contribution in [0.5, 0.6) is 0 Å². The molecule has 6 nitrogen and oxygen atoms in total. The fraction of sp³-hybridized carbons (Fsp3) is 0.700. The van der Waals surface area contributed by atoms with Gasteiger partial charge in [0.05, 0.1) is 25.1 Å². The SMILES string of the molecule is CC(CN1CCOCC1)Nc1cn[nH]c1N. The summed E-state index contributed by atoms with van der Waals surface area (Å²) in [6, 6.07) is 0.345. The lowest BCUT2D eigenvalue weighted by Gasteiger charge is -2.29. The summed E-state index contributed by atoms with van der Waals surface area (Å²) in [6.45, 7) is 6.82. The van der Waals surface area contributed by atoms with Gasteiger partial charge >= 0.3 is 0 Å². The molecule has 2 heterocycles. The van der Waals surface area contributed by atoms with Gasteiger partial charge in [0.1, 0.15) is 5.82 Å². The molecule has 1 fully saturated rings. The third-order valence-corrected chi connectivity index (χ3v) is 2.71. The van der Waals surface area contributed by atoms with E-state index in [1.807, 2.05) is 0 Å². The third kappa shape index (κ3) is 2.86. The van der Waals surface area contributed by atoms with Crippen LogP contribution in [0.25, 0.3) is 0 Å². The van der Waals surface area contributed by atoms with E-state index in [0.717, 1.165) is 38.5 Å². The Balaban J connectivity index is 1.79. The molecular weight excluding hydrogens is 206 g/mol. The number of nitrogens with zero attached hydrogens (tertiary/aromatic N) is 2. The lowest BCUT2D eigenvalue weighted by Crippen LogP contribution is -2.42. The summed E-state index contributed by atoms with van der Waals surface area (Å²) in [5.74, 6) is 0.592. The van der Waals surface area contributed by atoms with Crippen molar-refractivity contribution in [3.63, 3.8) is 0 Å². The maximum Gasteiger partial charge on any atom is 0.142 e. The van der Waals surface area contributed by atoms with E-state index in [1.54, 1.807) is 6.20 Å². The lowest BCUT2D eigenvalue weighted by molar-refractivity contribution is 0.0368. The molecule has 1 aromatic rings. The molecule has 1 saturated heterocycles. The minimum absolute atomic E-state index is 0.345. The summed E-state index contributed by atoms with van der Waals surface area (Å²) in [6.07, 6.45) is 1.71. The van der Waals surface area contributed by atoms with Gasteiger partial charge in [0.2, 0.25) is 0 Å². The Labute approximate surface area is 95.1 Å². The van der Waals surface area contributed by atoms with E-state index >= 15 is 0 Å². The molecule has 1 aliphatic rings. The highest BCUT2D eigenvalue weighted by molar-refractivity contribution is 5.60. The van der Waals surface area contributed by atoms with Crippen molar-refractivity contribution >= 4 is 11.5 Å². The Morgan fingerprint density at radius 2 is 2.38 bits per heavy atom. The van der Waals surface area contributed by atoms with E-state index in [9.17, 15) is 0 Å². The van der Waals surface area contributed by atoms with Crippen LogP contribution in [0.3, 0.4) is 0 Å². The number of hydrogen-bond donors (Lipinski definition) is 3. The van der Waals surface area contributed by atoms with Crippen LogP contribution in [0.2, 0.25) is 0 Å². The molecule has 0 bridgehead atoms. The highest BCUT2D eigenvalue weighted by Gasteiger charge is 2.14. The summed E-state index contributed by atoms with van der Waals surface area (Å²) in [4.78, 5) is 2.39. The lowest BCUT2D eigenvalue weighted by atomic mass is 10.2. The molecule has 2 rings (SSSR count). The summed E-state index contributed by atoms with van der Waals surface area (Å²) in [7, 11) is 0. The smallest absolute Gasteiger partial charge is 0.142 e. The number of H-pyrrole nitrogens is 1. The van der Waals surface area contributed by atoms with Crippen molar-refractivity contribution in [1.29, 1.82) is 0 Å². The van der Waals surface area contributed by atoms with Crippen molar-refractivity contribution < 1.29 is 4.74 Å². The molecule has 0 amide bonds. The molecule has 6 heteroatoms. The Bertz CT molecular complexity index is 321. The quantitative estimate of drug-likeness (QED) is 0.678. The maximum atomic E-state index is 5.71. The van der Waals surface area contributed by atoms with Crippen molar-refractivity contribution in [1.82, 2.24) is 15.1 Å². The van der Waals surface area contributed by atoms with Gasteiger partial charge in [-0.15, -0.1) is 0 Å². The monoisotopic (exact) mass is 225 g/mol. The summed E-state index contributed by atoms with van der Waals surface area (Å²) in [5, 5.41) is 9.92. The van der Waals surface area contributed by atoms with Gasteiger partial charge < -0.3 is 15.8 Å². The highest BCUT2D eigenvalue weighted by Crippen LogP contribution is 2.14. The zero-order valence-corrected chi connectivity index (χ0v) is 9.57. The van der Waals surface area contributed by atoms with Gasteiger partial charge in [-0.1, -0.05) is 0 Å². The van der Waals surface area contributed by atoms with Gasteiger partial charge in [-0.3, -0.25) is 10.00 Å². The molecule has 1 aromatic heterocycles. The fourth-order valence-corrected chi connectivity index (χ4v) is 1.89. The number of aromatic nitrogens is 2. The second-order valence-corrected chi connectivity index (χ2v) is 4.16. The Hall–Kier alpha value is -1.27. The summed E-state index contributed by atoms with van der Waals surface area (Å²) >= 11 is 0. The van der Waals surface area contributed by atoms with E-state index in [4.69, 9.17) is 10.5 Å².